The lowest BCUT2D eigenvalue weighted by Gasteiger charge is -2.16. The smallest absolute Gasteiger partial charge is 0.230 e. The van der Waals surface area contributed by atoms with Crippen molar-refractivity contribution in [3.05, 3.63) is 54.5 Å². The van der Waals surface area contributed by atoms with E-state index in [1.807, 2.05) is 0 Å². The lowest BCUT2D eigenvalue weighted by atomic mass is 10.1. The molecular formula is C16H14FN3O2. The molecule has 0 saturated carbocycles. The van der Waals surface area contributed by atoms with Gasteiger partial charge >= 0.3 is 0 Å². The average molecular weight is 299 g/mol. The molecule has 5 nitrogen and oxygen atoms in total. The van der Waals surface area contributed by atoms with Gasteiger partial charge in [0.25, 0.3) is 0 Å². The van der Waals surface area contributed by atoms with E-state index in [-0.39, 0.29) is 30.6 Å². The maximum Gasteiger partial charge on any atom is 0.230 e. The number of aromatic nitrogens is 1. The minimum Gasteiger partial charge on any atom is -0.312 e. The third kappa shape index (κ3) is 2.95. The number of halogens is 1. The molecule has 1 saturated heterocycles. The highest BCUT2D eigenvalue weighted by atomic mass is 19.1. The highest BCUT2D eigenvalue weighted by molar-refractivity contribution is 6.03. The van der Waals surface area contributed by atoms with E-state index in [0.29, 0.717) is 11.5 Å². The van der Waals surface area contributed by atoms with Crippen LogP contribution in [-0.4, -0.2) is 23.3 Å². The summed E-state index contributed by atoms with van der Waals surface area (Å²) < 4.78 is 12.9. The second-order valence-electron chi connectivity index (χ2n) is 5.09. The molecule has 1 N–H and O–H groups in total. The first-order valence-electron chi connectivity index (χ1n) is 6.91. The summed E-state index contributed by atoms with van der Waals surface area (Å²) in [7, 11) is 0. The van der Waals surface area contributed by atoms with Crippen molar-refractivity contribution in [1.82, 2.24) is 4.98 Å². The maximum absolute atomic E-state index is 12.9. The monoisotopic (exact) mass is 299 g/mol. The number of anilines is 2. The zero-order valence-corrected chi connectivity index (χ0v) is 11.7. The van der Waals surface area contributed by atoms with Gasteiger partial charge in [0.1, 0.15) is 11.6 Å². The Hall–Kier alpha value is -2.76. The molecule has 1 aliphatic rings. The van der Waals surface area contributed by atoms with Crippen LogP contribution in [0.4, 0.5) is 15.9 Å². The second kappa shape index (κ2) is 5.93. The zero-order valence-electron chi connectivity index (χ0n) is 11.7. The Morgan fingerprint density at radius 1 is 1.23 bits per heavy atom. The number of carbonyl (C=O) groups is 2. The van der Waals surface area contributed by atoms with Crippen molar-refractivity contribution in [3.63, 3.8) is 0 Å². The van der Waals surface area contributed by atoms with Gasteiger partial charge in [0, 0.05) is 24.8 Å². The molecule has 0 bridgehead atoms. The Labute approximate surface area is 126 Å². The lowest BCUT2D eigenvalue weighted by Crippen LogP contribution is -2.28. The molecule has 112 valence electrons. The van der Waals surface area contributed by atoms with E-state index in [9.17, 15) is 14.0 Å². The third-order valence-electron chi connectivity index (χ3n) is 3.55. The number of pyridine rings is 1. The van der Waals surface area contributed by atoms with Crippen molar-refractivity contribution in [1.29, 1.82) is 0 Å². The van der Waals surface area contributed by atoms with Gasteiger partial charge in [0.2, 0.25) is 11.8 Å². The molecule has 1 unspecified atom stereocenters. The van der Waals surface area contributed by atoms with Crippen molar-refractivity contribution in [2.45, 2.75) is 6.42 Å². The first-order chi connectivity index (χ1) is 10.6. The SMILES string of the molecule is O=C(Nc1ccccn1)C1CC(=O)N(c2ccc(F)cc2)C1. The largest absolute Gasteiger partial charge is 0.312 e. The van der Waals surface area contributed by atoms with Crippen LogP contribution in [0.15, 0.2) is 48.7 Å². The normalized spacial score (nSPS) is 17.6. The summed E-state index contributed by atoms with van der Waals surface area (Å²) in [5.41, 5.74) is 0.597. The van der Waals surface area contributed by atoms with Crippen LogP contribution in [0.25, 0.3) is 0 Å². The van der Waals surface area contributed by atoms with E-state index in [1.165, 1.54) is 29.2 Å². The van der Waals surface area contributed by atoms with E-state index in [1.54, 1.807) is 24.4 Å². The third-order valence-corrected chi connectivity index (χ3v) is 3.55. The Kier molecular flexibility index (Phi) is 3.82. The number of nitrogens with one attached hydrogen (secondary N) is 1. The van der Waals surface area contributed by atoms with E-state index in [4.69, 9.17) is 0 Å². The summed E-state index contributed by atoms with van der Waals surface area (Å²) in [4.78, 5) is 29.8. The Morgan fingerprint density at radius 2 is 2.00 bits per heavy atom. The Bertz CT molecular complexity index is 688. The number of rotatable bonds is 3. The summed E-state index contributed by atoms with van der Waals surface area (Å²) in [6.07, 6.45) is 1.72. The quantitative estimate of drug-likeness (QED) is 0.945. The predicted octanol–water partition coefficient (Wildman–Crippen LogP) is 2.21. The van der Waals surface area contributed by atoms with Gasteiger partial charge in [-0.25, -0.2) is 9.37 Å². The number of carbonyl (C=O) groups excluding carboxylic acids is 2. The molecule has 1 aromatic heterocycles. The summed E-state index contributed by atoms with van der Waals surface area (Å²) in [6, 6.07) is 10.9. The molecular weight excluding hydrogens is 285 g/mol. The van der Waals surface area contributed by atoms with Crippen molar-refractivity contribution in [2.75, 3.05) is 16.8 Å². The van der Waals surface area contributed by atoms with Gasteiger partial charge in [-0.05, 0) is 36.4 Å². The van der Waals surface area contributed by atoms with Gasteiger partial charge in [-0.2, -0.15) is 0 Å². The Balaban J connectivity index is 1.69. The zero-order chi connectivity index (χ0) is 15.5. The van der Waals surface area contributed by atoms with Crippen LogP contribution >= 0.6 is 0 Å². The number of amides is 2. The van der Waals surface area contributed by atoms with Crippen molar-refractivity contribution < 1.29 is 14.0 Å². The van der Waals surface area contributed by atoms with Crippen molar-refractivity contribution >= 4 is 23.3 Å². The van der Waals surface area contributed by atoms with Gasteiger partial charge < -0.3 is 10.2 Å². The van der Waals surface area contributed by atoms with Crippen LogP contribution in [-0.2, 0) is 9.59 Å². The van der Waals surface area contributed by atoms with Gasteiger partial charge in [-0.15, -0.1) is 0 Å². The van der Waals surface area contributed by atoms with E-state index in [0.717, 1.165) is 0 Å². The van der Waals surface area contributed by atoms with Crippen LogP contribution in [0.1, 0.15) is 6.42 Å². The summed E-state index contributed by atoms with van der Waals surface area (Å²) in [5.74, 6) is -0.732. The standard InChI is InChI=1S/C16H14FN3O2/c17-12-4-6-13(7-5-12)20-10-11(9-15(20)21)16(22)19-14-3-1-2-8-18-14/h1-8,11H,9-10H2,(H,18,19,22). The van der Waals surface area contributed by atoms with Gasteiger partial charge in [0.05, 0.1) is 5.92 Å². The molecule has 1 aromatic carbocycles. The lowest BCUT2D eigenvalue weighted by molar-refractivity contribution is -0.122. The van der Waals surface area contributed by atoms with Gasteiger partial charge in [0.15, 0.2) is 0 Å². The Morgan fingerprint density at radius 3 is 2.68 bits per heavy atom. The second-order valence-corrected chi connectivity index (χ2v) is 5.09. The molecule has 2 amide bonds. The van der Waals surface area contributed by atoms with Crippen molar-refractivity contribution in [3.8, 4) is 0 Å². The van der Waals surface area contributed by atoms with Gasteiger partial charge in [-0.1, -0.05) is 6.07 Å². The average Bonchev–Trinajstić information content (AvgIpc) is 2.91. The van der Waals surface area contributed by atoms with E-state index in [2.05, 4.69) is 10.3 Å². The molecule has 6 heteroatoms. The number of benzene rings is 1. The fourth-order valence-corrected chi connectivity index (χ4v) is 2.42. The molecule has 3 rings (SSSR count). The summed E-state index contributed by atoms with van der Waals surface area (Å²) in [5, 5.41) is 2.70. The predicted molar refractivity (Wildman–Crippen MR) is 79.7 cm³/mol. The maximum atomic E-state index is 12.9. The molecule has 1 atom stereocenters. The minimum atomic E-state index is -0.445. The highest BCUT2D eigenvalue weighted by Gasteiger charge is 2.35. The topological polar surface area (TPSA) is 62.3 Å². The molecule has 22 heavy (non-hydrogen) atoms. The van der Waals surface area contributed by atoms with Crippen LogP contribution in [0, 0.1) is 11.7 Å². The molecule has 2 aromatic rings. The first kappa shape index (κ1) is 14.2. The first-order valence-corrected chi connectivity index (χ1v) is 6.91. The van der Waals surface area contributed by atoms with Crippen molar-refractivity contribution in [2.24, 2.45) is 5.92 Å². The molecule has 2 heterocycles. The molecule has 1 fully saturated rings. The summed E-state index contributed by atoms with van der Waals surface area (Å²) >= 11 is 0. The fraction of sp³-hybridized carbons (Fsp3) is 0.188. The van der Waals surface area contributed by atoms with E-state index < -0.39 is 5.92 Å². The molecule has 0 aliphatic carbocycles. The van der Waals surface area contributed by atoms with Crippen LogP contribution in [0.2, 0.25) is 0 Å². The van der Waals surface area contributed by atoms with Crippen LogP contribution in [0.3, 0.4) is 0 Å². The fourth-order valence-electron chi connectivity index (χ4n) is 2.42. The van der Waals surface area contributed by atoms with E-state index >= 15 is 0 Å². The highest BCUT2D eigenvalue weighted by Crippen LogP contribution is 2.26. The number of hydrogen-bond donors (Lipinski definition) is 1. The molecule has 1 aliphatic heterocycles. The minimum absolute atomic E-state index is 0.135. The van der Waals surface area contributed by atoms with Crippen LogP contribution in [0.5, 0.6) is 0 Å². The number of nitrogens with zero attached hydrogens (tertiary/aromatic N) is 2. The summed E-state index contributed by atoms with van der Waals surface area (Å²) in [6.45, 7) is 0.281. The molecule has 0 spiro atoms. The van der Waals surface area contributed by atoms with Gasteiger partial charge in [-0.3, -0.25) is 9.59 Å². The number of hydrogen-bond acceptors (Lipinski definition) is 3. The molecule has 0 radical (unpaired) electrons. The van der Waals surface area contributed by atoms with Crippen LogP contribution < -0.4 is 10.2 Å².